The number of nitrogens with one attached hydrogen (secondary N) is 1. The van der Waals surface area contributed by atoms with E-state index in [-0.39, 0.29) is 10.8 Å². The monoisotopic (exact) mass is 338 g/mol. The van der Waals surface area contributed by atoms with Crippen LogP contribution in [0.25, 0.3) is 0 Å². The molecule has 0 saturated carbocycles. The number of hydrogen-bond acceptors (Lipinski definition) is 2. The van der Waals surface area contributed by atoms with E-state index in [9.17, 15) is 0 Å². The first kappa shape index (κ1) is 19.4. The third kappa shape index (κ3) is 5.01. The summed E-state index contributed by atoms with van der Waals surface area (Å²) < 4.78 is 0. The third-order valence-electron chi connectivity index (χ3n) is 4.72. The zero-order valence-corrected chi connectivity index (χ0v) is 17.2. The molecule has 25 heavy (non-hydrogen) atoms. The van der Waals surface area contributed by atoms with Crippen molar-refractivity contribution in [3.8, 4) is 0 Å². The van der Waals surface area contributed by atoms with E-state index in [1.54, 1.807) is 0 Å². The zero-order valence-electron chi connectivity index (χ0n) is 17.2. The maximum Gasteiger partial charge on any atom is 0.0427 e. The van der Waals surface area contributed by atoms with Gasteiger partial charge in [0.2, 0.25) is 0 Å². The van der Waals surface area contributed by atoms with Crippen molar-refractivity contribution >= 4 is 11.4 Å². The molecule has 0 aliphatic rings. The molecule has 2 aromatic rings. The molecule has 0 amide bonds. The molecule has 1 N–H and O–H groups in total. The lowest BCUT2D eigenvalue weighted by Crippen LogP contribution is -2.19. The Bertz CT molecular complexity index is 718. The minimum absolute atomic E-state index is 0.145. The van der Waals surface area contributed by atoms with E-state index < -0.39 is 0 Å². The fourth-order valence-corrected chi connectivity index (χ4v) is 2.94. The van der Waals surface area contributed by atoms with E-state index in [2.05, 4.69) is 101 Å². The lowest BCUT2D eigenvalue weighted by Gasteiger charge is -2.26. The van der Waals surface area contributed by atoms with Crippen LogP contribution in [0, 0.1) is 0 Å². The third-order valence-corrected chi connectivity index (χ3v) is 4.72. The molecule has 0 saturated heterocycles. The Hall–Kier alpha value is -1.96. The number of rotatable bonds is 4. The summed E-state index contributed by atoms with van der Waals surface area (Å²) in [5, 5.41) is 3.30. The van der Waals surface area contributed by atoms with Crippen molar-refractivity contribution in [1.29, 1.82) is 0 Å². The first-order valence-electron chi connectivity index (χ1n) is 9.14. The van der Waals surface area contributed by atoms with Gasteiger partial charge in [-0.15, -0.1) is 0 Å². The molecule has 0 aromatic heterocycles. The van der Waals surface area contributed by atoms with Gasteiger partial charge in [0.1, 0.15) is 0 Å². The maximum absolute atomic E-state index is 3.30. The second-order valence-electron chi connectivity index (χ2n) is 9.08. The number of anilines is 2. The van der Waals surface area contributed by atoms with Crippen molar-refractivity contribution < 1.29 is 0 Å². The fourth-order valence-electron chi connectivity index (χ4n) is 2.94. The summed E-state index contributed by atoms with van der Waals surface area (Å²) in [5.41, 5.74) is 6.83. The van der Waals surface area contributed by atoms with E-state index in [4.69, 9.17) is 0 Å². The van der Waals surface area contributed by atoms with Gasteiger partial charge in [-0.3, -0.25) is 0 Å². The van der Waals surface area contributed by atoms with Gasteiger partial charge in [0.15, 0.2) is 0 Å². The van der Waals surface area contributed by atoms with Gasteiger partial charge in [-0.1, -0.05) is 59.7 Å². The highest BCUT2D eigenvalue weighted by Crippen LogP contribution is 2.29. The van der Waals surface area contributed by atoms with Crippen molar-refractivity contribution in [2.75, 3.05) is 24.3 Å². The summed E-state index contributed by atoms with van der Waals surface area (Å²) in [6.07, 6.45) is 0. The van der Waals surface area contributed by atoms with Gasteiger partial charge >= 0.3 is 0 Å². The molecule has 0 atom stereocenters. The first-order valence-corrected chi connectivity index (χ1v) is 9.14. The number of benzene rings is 2. The molecule has 2 nitrogen and oxygen atoms in total. The molecule has 2 rings (SSSR count). The standard InChI is InChI=1S/C23H34N2/c1-22(2,3)18-10-9-11-21(15-18)25(8)16-17-12-19(23(4,5)6)14-20(13-17)24-7/h9-15,24H,16H2,1-8H3. The van der Waals surface area contributed by atoms with Gasteiger partial charge in [-0.2, -0.15) is 0 Å². The quantitative estimate of drug-likeness (QED) is 0.740. The normalized spacial score (nSPS) is 12.2. The second kappa shape index (κ2) is 7.11. The first-order chi connectivity index (χ1) is 11.5. The topological polar surface area (TPSA) is 15.3 Å². The smallest absolute Gasteiger partial charge is 0.0427 e. The van der Waals surface area contributed by atoms with Crippen molar-refractivity contribution in [1.82, 2.24) is 0 Å². The Morgan fingerprint density at radius 1 is 0.840 bits per heavy atom. The predicted molar refractivity (Wildman–Crippen MR) is 112 cm³/mol. The summed E-state index contributed by atoms with van der Waals surface area (Å²) >= 11 is 0. The summed E-state index contributed by atoms with van der Waals surface area (Å²) in [5.74, 6) is 0. The molecule has 136 valence electrons. The highest BCUT2D eigenvalue weighted by molar-refractivity contribution is 5.53. The van der Waals surface area contributed by atoms with Crippen LogP contribution in [0.4, 0.5) is 11.4 Å². The van der Waals surface area contributed by atoms with E-state index in [0.29, 0.717) is 0 Å². The van der Waals surface area contributed by atoms with Crippen molar-refractivity contribution in [3.05, 3.63) is 59.2 Å². The molecular weight excluding hydrogens is 304 g/mol. The van der Waals surface area contributed by atoms with Crippen LogP contribution in [0.3, 0.4) is 0 Å². The van der Waals surface area contributed by atoms with Gasteiger partial charge < -0.3 is 10.2 Å². The summed E-state index contributed by atoms with van der Waals surface area (Å²) in [7, 11) is 4.16. The highest BCUT2D eigenvalue weighted by Gasteiger charge is 2.17. The maximum atomic E-state index is 3.30. The minimum Gasteiger partial charge on any atom is -0.388 e. The van der Waals surface area contributed by atoms with Gasteiger partial charge in [0.25, 0.3) is 0 Å². The van der Waals surface area contributed by atoms with Gasteiger partial charge in [-0.05, 0) is 51.8 Å². The molecular formula is C23H34N2. The van der Waals surface area contributed by atoms with Gasteiger partial charge in [0, 0.05) is 32.0 Å². The number of hydrogen-bond donors (Lipinski definition) is 1. The Kier molecular flexibility index (Phi) is 5.51. The summed E-state index contributed by atoms with van der Waals surface area (Å²) in [4.78, 5) is 2.33. The van der Waals surface area contributed by atoms with Crippen molar-refractivity contribution in [2.24, 2.45) is 0 Å². The molecule has 0 radical (unpaired) electrons. The number of nitrogens with zero attached hydrogens (tertiary/aromatic N) is 1. The lowest BCUT2D eigenvalue weighted by molar-refractivity contribution is 0.588. The van der Waals surface area contributed by atoms with Crippen LogP contribution in [0.5, 0.6) is 0 Å². The van der Waals surface area contributed by atoms with E-state index in [1.165, 1.54) is 28.1 Å². The predicted octanol–water partition coefficient (Wildman–Crippen LogP) is 5.96. The average molecular weight is 339 g/mol. The van der Waals surface area contributed by atoms with Gasteiger partial charge in [-0.25, -0.2) is 0 Å². The van der Waals surface area contributed by atoms with E-state index in [0.717, 1.165) is 6.54 Å². The molecule has 0 spiro atoms. The molecule has 0 aliphatic heterocycles. The lowest BCUT2D eigenvalue weighted by atomic mass is 9.85. The molecule has 0 unspecified atom stereocenters. The van der Waals surface area contributed by atoms with Crippen LogP contribution < -0.4 is 10.2 Å². The van der Waals surface area contributed by atoms with Crippen LogP contribution >= 0.6 is 0 Å². The van der Waals surface area contributed by atoms with Crippen LogP contribution in [-0.2, 0) is 17.4 Å². The second-order valence-corrected chi connectivity index (χ2v) is 9.08. The zero-order chi connectivity index (χ0) is 18.8. The van der Waals surface area contributed by atoms with Gasteiger partial charge in [0.05, 0.1) is 0 Å². The SMILES string of the molecule is CNc1cc(CN(C)c2cccc(C(C)(C)C)c2)cc(C(C)(C)C)c1. The Morgan fingerprint density at radius 3 is 2.04 bits per heavy atom. The van der Waals surface area contributed by atoms with Crippen molar-refractivity contribution in [3.63, 3.8) is 0 Å². The van der Waals surface area contributed by atoms with Crippen LogP contribution in [0.1, 0.15) is 58.2 Å². The molecule has 0 aliphatic carbocycles. The summed E-state index contributed by atoms with van der Waals surface area (Å²) in [6.45, 7) is 14.5. The molecule has 0 bridgehead atoms. The molecule has 2 heteroatoms. The highest BCUT2D eigenvalue weighted by atomic mass is 15.1. The van der Waals surface area contributed by atoms with E-state index >= 15 is 0 Å². The Balaban J connectivity index is 2.30. The molecule has 2 aromatic carbocycles. The average Bonchev–Trinajstić information content (AvgIpc) is 2.53. The Labute approximate surface area is 154 Å². The Morgan fingerprint density at radius 2 is 1.48 bits per heavy atom. The van der Waals surface area contributed by atoms with Crippen LogP contribution in [0.15, 0.2) is 42.5 Å². The molecule has 0 fully saturated rings. The molecule has 0 heterocycles. The minimum atomic E-state index is 0.145. The summed E-state index contributed by atoms with van der Waals surface area (Å²) in [6, 6.07) is 15.7. The van der Waals surface area contributed by atoms with E-state index in [1.807, 2.05) is 7.05 Å². The van der Waals surface area contributed by atoms with Crippen molar-refractivity contribution in [2.45, 2.75) is 58.9 Å². The fraction of sp³-hybridized carbons (Fsp3) is 0.478. The largest absolute Gasteiger partial charge is 0.388 e. The van der Waals surface area contributed by atoms with Crippen LogP contribution in [0.2, 0.25) is 0 Å². The van der Waals surface area contributed by atoms with Crippen LogP contribution in [-0.4, -0.2) is 14.1 Å².